The molecule has 168 valence electrons. The number of benzene rings is 3. The van der Waals surface area contributed by atoms with Crippen LogP contribution in [0.5, 0.6) is 5.75 Å². The molecule has 0 unspecified atom stereocenters. The van der Waals surface area contributed by atoms with Gasteiger partial charge in [0.05, 0.1) is 30.9 Å². The van der Waals surface area contributed by atoms with Gasteiger partial charge >= 0.3 is 0 Å². The molecule has 3 rings (SSSR count). The molecule has 0 fully saturated rings. The number of para-hydroxylation sites is 2. The molecule has 7 nitrogen and oxygen atoms in total. The highest BCUT2D eigenvalue weighted by Crippen LogP contribution is 2.31. The van der Waals surface area contributed by atoms with Gasteiger partial charge in [-0.1, -0.05) is 60.7 Å². The molecule has 0 aliphatic heterocycles. The molecule has 8 heteroatoms. The maximum atomic E-state index is 13.3. The van der Waals surface area contributed by atoms with Gasteiger partial charge in [0, 0.05) is 6.54 Å². The predicted octanol–water partition coefficient (Wildman–Crippen LogP) is 3.22. The smallest absolute Gasteiger partial charge is 0.264 e. The summed E-state index contributed by atoms with van der Waals surface area (Å²) in [5.41, 5.74) is 1.32. The third-order valence-corrected chi connectivity index (χ3v) is 6.43. The highest BCUT2D eigenvalue weighted by Gasteiger charge is 2.29. The van der Waals surface area contributed by atoms with E-state index in [1.54, 1.807) is 42.5 Å². The Kier molecular flexibility index (Phi) is 8.24. The summed E-state index contributed by atoms with van der Waals surface area (Å²) in [6.45, 7) is 0.611. The topological polar surface area (TPSA) is 84.9 Å². The Hall–Kier alpha value is -3.36. The van der Waals surface area contributed by atoms with E-state index >= 15 is 0 Å². The van der Waals surface area contributed by atoms with Gasteiger partial charge in [0.25, 0.3) is 10.0 Å². The van der Waals surface area contributed by atoms with E-state index < -0.39 is 22.5 Å². The number of carbonyl (C=O) groups excluding carboxylic acids is 1. The Morgan fingerprint density at radius 1 is 0.906 bits per heavy atom. The average molecular weight is 455 g/mol. The lowest BCUT2D eigenvalue weighted by Gasteiger charge is -2.25. The van der Waals surface area contributed by atoms with Gasteiger partial charge in [-0.25, -0.2) is 8.42 Å². The van der Waals surface area contributed by atoms with Gasteiger partial charge in [-0.15, -0.1) is 0 Å². The molecule has 0 heterocycles. The predicted molar refractivity (Wildman–Crippen MR) is 123 cm³/mol. The maximum Gasteiger partial charge on any atom is 0.264 e. The van der Waals surface area contributed by atoms with Crippen LogP contribution in [-0.4, -0.2) is 41.1 Å². The lowest BCUT2D eigenvalue weighted by Crippen LogP contribution is -2.41. The molecule has 0 aliphatic carbocycles. The highest BCUT2D eigenvalue weighted by atomic mass is 32.2. The zero-order valence-corrected chi connectivity index (χ0v) is 18.6. The number of carbonyl (C=O) groups is 1. The van der Waals surface area contributed by atoms with Crippen molar-refractivity contribution in [3.8, 4) is 5.75 Å². The van der Waals surface area contributed by atoms with Crippen molar-refractivity contribution >= 4 is 21.6 Å². The minimum absolute atomic E-state index is 0.0879. The molecule has 3 aromatic carbocycles. The molecule has 32 heavy (non-hydrogen) atoms. The van der Waals surface area contributed by atoms with Crippen LogP contribution in [-0.2, 0) is 26.2 Å². The van der Waals surface area contributed by atoms with E-state index in [2.05, 4.69) is 5.32 Å². The van der Waals surface area contributed by atoms with E-state index in [1.165, 1.54) is 19.2 Å². The lowest BCUT2D eigenvalue weighted by molar-refractivity contribution is -0.119. The van der Waals surface area contributed by atoms with Crippen LogP contribution >= 0.6 is 0 Å². The van der Waals surface area contributed by atoms with Crippen molar-refractivity contribution in [2.75, 3.05) is 31.1 Å². The van der Waals surface area contributed by atoms with Gasteiger partial charge in [0.15, 0.2) is 0 Å². The number of nitrogens with one attached hydrogen (secondary N) is 1. The molecule has 0 saturated carbocycles. The lowest BCUT2D eigenvalue weighted by atomic mass is 10.2. The molecule has 1 amide bonds. The number of hydrogen-bond acceptors (Lipinski definition) is 5. The molecule has 1 N–H and O–H groups in total. The van der Waals surface area contributed by atoms with Gasteiger partial charge in [0.2, 0.25) is 5.91 Å². The Morgan fingerprint density at radius 3 is 2.22 bits per heavy atom. The molecule has 0 aromatic heterocycles. The summed E-state index contributed by atoms with van der Waals surface area (Å²) in [5, 5.41) is 2.72. The monoisotopic (exact) mass is 454 g/mol. The second kappa shape index (κ2) is 11.3. The van der Waals surface area contributed by atoms with Gasteiger partial charge in [-0.05, 0) is 29.8 Å². The zero-order valence-electron chi connectivity index (χ0n) is 17.8. The highest BCUT2D eigenvalue weighted by molar-refractivity contribution is 7.92. The molecule has 0 radical (unpaired) electrons. The van der Waals surface area contributed by atoms with Crippen LogP contribution < -0.4 is 14.4 Å². The Labute approximate surface area is 188 Å². The third-order valence-electron chi connectivity index (χ3n) is 4.65. The summed E-state index contributed by atoms with van der Waals surface area (Å²) in [7, 11) is -2.54. The quantitative estimate of drug-likeness (QED) is 0.450. The number of anilines is 1. The minimum atomic E-state index is -3.99. The summed E-state index contributed by atoms with van der Waals surface area (Å²) >= 11 is 0. The number of hydrogen-bond donors (Lipinski definition) is 1. The van der Waals surface area contributed by atoms with Crippen LogP contribution in [0.2, 0.25) is 0 Å². The van der Waals surface area contributed by atoms with Crippen LogP contribution in [0, 0.1) is 0 Å². The SMILES string of the molecule is COc1ccccc1N(CC(=O)NCCOCc1ccccc1)S(=O)(=O)c1ccccc1. The number of methoxy groups -OCH3 is 1. The van der Waals surface area contributed by atoms with E-state index in [4.69, 9.17) is 9.47 Å². The van der Waals surface area contributed by atoms with Crippen molar-refractivity contribution < 1.29 is 22.7 Å². The molecule has 0 bridgehead atoms. The fourth-order valence-electron chi connectivity index (χ4n) is 3.07. The van der Waals surface area contributed by atoms with Crippen molar-refractivity contribution in [2.45, 2.75) is 11.5 Å². The molecular weight excluding hydrogens is 428 g/mol. The number of rotatable bonds is 11. The zero-order chi connectivity index (χ0) is 22.8. The van der Waals surface area contributed by atoms with Gasteiger partial charge in [-0.3, -0.25) is 9.10 Å². The van der Waals surface area contributed by atoms with Crippen molar-refractivity contribution in [3.05, 3.63) is 90.5 Å². The number of amides is 1. The van der Waals surface area contributed by atoms with E-state index in [1.807, 2.05) is 30.3 Å². The third kappa shape index (κ3) is 6.09. The molecule has 0 aliphatic rings. The maximum absolute atomic E-state index is 13.3. The summed E-state index contributed by atoms with van der Waals surface area (Å²) in [6, 6.07) is 24.4. The Bertz CT molecular complexity index is 1110. The first-order valence-electron chi connectivity index (χ1n) is 10.1. The van der Waals surface area contributed by atoms with Crippen LogP contribution in [0.25, 0.3) is 0 Å². The van der Waals surface area contributed by atoms with Gasteiger partial charge < -0.3 is 14.8 Å². The minimum Gasteiger partial charge on any atom is -0.495 e. The summed E-state index contributed by atoms with van der Waals surface area (Å²) in [6.07, 6.45) is 0. The van der Waals surface area contributed by atoms with Crippen LogP contribution in [0.4, 0.5) is 5.69 Å². The second-order valence-electron chi connectivity index (χ2n) is 6.88. The fourth-order valence-corrected chi connectivity index (χ4v) is 4.52. The van der Waals surface area contributed by atoms with Crippen LogP contribution in [0.3, 0.4) is 0 Å². The van der Waals surface area contributed by atoms with Crippen LogP contribution in [0.15, 0.2) is 89.8 Å². The molecular formula is C24H26N2O5S. The van der Waals surface area contributed by atoms with E-state index in [0.717, 1.165) is 9.87 Å². The standard InChI is InChI=1S/C24H26N2O5S/c1-30-23-15-9-8-14-22(23)26(32(28,29)21-12-6-3-7-13-21)18-24(27)25-16-17-31-19-20-10-4-2-5-11-20/h2-15H,16-19H2,1H3,(H,25,27). The largest absolute Gasteiger partial charge is 0.495 e. The Morgan fingerprint density at radius 2 is 1.53 bits per heavy atom. The second-order valence-corrected chi connectivity index (χ2v) is 8.75. The number of sulfonamides is 1. The number of ether oxygens (including phenoxy) is 2. The van der Waals surface area contributed by atoms with Gasteiger partial charge in [0.1, 0.15) is 12.3 Å². The van der Waals surface area contributed by atoms with E-state index in [0.29, 0.717) is 19.0 Å². The summed E-state index contributed by atoms with van der Waals surface area (Å²) in [5.74, 6) is -0.0928. The molecule has 0 saturated heterocycles. The van der Waals surface area contributed by atoms with E-state index in [9.17, 15) is 13.2 Å². The van der Waals surface area contributed by atoms with Crippen molar-refractivity contribution in [1.29, 1.82) is 0 Å². The Balaban J connectivity index is 1.68. The average Bonchev–Trinajstić information content (AvgIpc) is 2.83. The van der Waals surface area contributed by atoms with Gasteiger partial charge in [-0.2, -0.15) is 0 Å². The molecule has 0 spiro atoms. The van der Waals surface area contributed by atoms with Crippen molar-refractivity contribution in [1.82, 2.24) is 5.32 Å². The number of nitrogens with zero attached hydrogens (tertiary/aromatic N) is 1. The van der Waals surface area contributed by atoms with E-state index in [-0.39, 0.29) is 17.1 Å². The first kappa shape index (κ1) is 23.3. The summed E-state index contributed by atoms with van der Waals surface area (Å²) < 4.78 is 38.6. The first-order valence-corrected chi connectivity index (χ1v) is 11.6. The molecule has 3 aromatic rings. The van der Waals surface area contributed by atoms with Crippen molar-refractivity contribution in [3.63, 3.8) is 0 Å². The van der Waals surface area contributed by atoms with Crippen molar-refractivity contribution in [2.24, 2.45) is 0 Å². The molecule has 0 atom stereocenters. The summed E-state index contributed by atoms with van der Waals surface area (Å²) in [4.78, 5) is 12.7. The van der Waals surface area contributed by atoms with Crippen LogP contribution in [0.1, 0.15) is 5.56 Å². The first-order chi connectivity index (χ1) is 15.5. The normalized spacial score (nSPS) is 11.0. The fraction of sp³-hybridized carbons (Fsp3) is 0.208.